The highest BCUT2D eigenvalue weighted by atomic mass is 16.6. The molecule has 0 bridgehead atoms. The van der Waals surface area contributed by atoms with E-state index in [1.54, 1.807) is 0 Å². The molecule has 380 valence electrons. The Morgan fingerprint density at radius 1 is 0.250 bits per heavy atom. The quantitative estimate of drug-likeness (QED) is 0.0344. The molecule has 0 N–H and O–H groups in total. The van der Waals surface area contributed by atoms with Gasteiger partial charge in [0, 0.05) is 19.3 Å². The van der Waals surface area contributed by atoms with Gasteiger partial charge in [0.2, 0.25) is 0 Å². The molecule has 1 unspecified atom stereocenters. The van der Waals surface area contributed by atoms with Crippen LogP contribution >= 0.6 is 0 Å². The summed E-state index contributed by atoms with van der Waals surface area (Å²) in [5.74, 6) is -0.834. The van der Waals surface area contributed by atoms with Crippen LogP contribution in [0.4, 0.5) is 0 Å². The zero-order valence-corrected chi connectivity index (χ0v) is 43.6. The topological polar surface area (TPSA) is 78.9 Å². The molecule has 0 aliphatic carbocycles. The lowest BCUT2D eigenvalue weighted by molar-refractivity contribution is -0.167. The summed E-state index contributed by atoms with van der Waals surface area (Å²) in [7, 11) is 0. The molecule has 0 aromatic rings. The number of esters is 3. The molecule has 0 aliphatic rings. The average molecular weight is 906 g/mol. The third kappa shape index (κ3) is 51.4. The largest absolute Gasteiger partial charge is 0.462 e. The van der Waals surface area contributed by atoms with E-state index in [1.165, 1.54) is 238 Å². The second-order valence-electron chi connectivity index (χ2n) is 19.9. The highest BCUT2D eigenvalue weighted by molar-refractivity contribution is 5.71. The molecule has 0 aliphatic heterocycles. The lowest BCUT2D eigenvalue weighted by atomic mass is 10.0. The summed E-state index contributed by atoms with van der Waals surface area (Å²) >= 11 is 0. The summed E-state index contributed by atoms with van der Waals surface area (Å²) in [6.45, 7) is 6.70. The summed E-state index contributed by atoms with van der Waals surface area (Å²) in [6.07, 6.45) is 59.5. The molecule has 0 radical (unpaired) electrons. The van der Waals surface area contributed by atoms with Crippen molar-refractivity contribution >= 4 is 17.9 Å². The standard InChI is InChI=1S/C58H112O6/c1-4-7-10-13-16-19-22-25-26-27-28-29-30-31-32-34-36-39-42-45-48-51-57(60)63-54-55(53-62-56(59)50-47-44-41-38-35-24-21-18-15-12-9-6-3)64-58(61)52-49-46-43-40-37-33-23-20-17-14-11-8-5-2/h55H,4-54H2,1-3H3. The van der Waals surface area contributed by atoms with Crippen molar-refractivity contribution in [1.82, 2.24) is 0 Å². The molecule has 64 heavy (non-hydrogen) atoms. The van der Waals surface area contributed by atoms with Crippen molar-refractivity contribution in [3.8, 4) is 0 Å². The van der Waals surface area contributed by atoms with Gasteiger partial charge in [-0.15, -0.1) is 0 Å². The Morgan fingerprint density at radius 2 is 0.422 bits per heavy atom. The summed E-state index contributed by atoms with van der Waals surface area (Å²) in [5, 5.41) is 0. The molecule has 0 saturated heterocycles. The van der Waals surface area contributed by atoms with Crippen LogP contribution in [0.5, 0.6) is 0 Å². The first kappa shape index (κ1) is 62.4. The van der Waals surface area contributed by atoms with Gasteiger partial charge in [0.1, 0.15) is 13.2 Å². The van der Waals surface area contributed by atoms with E-state index in [9.17, 15) is 14.4 Å². The zero-order chi connectivity index (χ0) is 46.5. The minimum Gasteiger partial charge on any atom is -0.462 e. The Bertz CT molecular complexity index is 951. The van der Waals surface area contributed by atoms with Gasteiger partial charge < -0.3 is 14.2 Å². The molecule has 0 spiro atoms. The number of hydrogen-bond donors (Lipinski definition) is 0. The van der Waals surface area contributed by atoms with Gasteiger partial charge >= 0.3 is 17.9 Å². The van der Waals surface area contributed by atoms with E-state index in [1.807, 2.05) is 0 Å². The number of rotatable bonds is 54. The van der Waals surface area contributed by atoms with Gasteiger partial charge in [-0.05, 0) is 19.3 Å². The maximum absolute atomic E-state index is 12.8. The molecule has 0 fully saturated rings. The van der Waals surface area contributed by atoms with Crippen molar-refractivity contribution in [2.45, 2.75) is 341 Å². The summed E-state index contributed by atoms with van der Waals surface area (Å²) in [6, 6.07) is 0. The molecule has 0 heterocycles. The second kappa shape index (κ2) is 54.0. The first-order chi connectivity index (χ1) is 31.5. The molecule has 6 heteroatoms. The fraction of sp³-hybridized carbons (Fsp3) is 0.948. The van der Waals surface area contributed by atoms with Crippen LogP contribution in [-0.4, -0.2) is 37.2 Å². The van der Waals surface area contributed by atoms with E-state index >= 15 is 0 Å². The average Bonchev–Trinajstić information content (AvgIpc) is 3.29. The fourth-order valence-corrected chi connectivity index (χ4v) is 8.98. The van der Waals surface area contributed by atoms with Gasteiger partial charge in [0.15, 0.2) is 6.10 Å². The minimum absolute atomic E-state index is 0.0612. The highest BCUT2D eigenvalue weighted by Crippen LogP contribution is 2.18. The molecular weight excluding hydrogens is 793 g/mol. The smallest absolute Gasteiger partial charge is 0.306 e. The maximum atomic E-state index is 12.8. The van der Waals surface area contributed by atoms with Crippen LogP contribution < -0.4 is 0 Å². The minimum atomic E-state index is -0.760. The highest BCUT2D eigenvalue weighted by Gasteiger charge is 2.19. The van der Waals surface area contributed by atoms with Gasteiger partial charge in [0.05, 0.1) is 0 Å². The van der Waals surface area contributed by atoms with Gasteiger partial charge in [0.25, 0.3) is 0 Å². The van der Waals surface area contributed by atoms with Crippen LogP contribution in [0.25, 0.3) is 0 Å². The van der Waals surface area contributed by atoms with Crippen molar-refractivity contribution in [1.29, 1.82) is 0 Å². The van der Waals surface area contributed by atoms with Crippen LogP contribution in [0, 0.1) is 0 Å². The lowest BCUT2D eigenvalue weighted by Gasteiger charge is -2.18. The van der Waals surface area contributed by atoms with Crippen LogP contribution in [0.1, 0.15) is 335 Å². The molecule has 0 aromatic carbocycles. The maximum Gasteiger partial charge on any atom is 0.306 e. The van der Waals surface area contributed by atoms with E-state index in [4.69, 9.17) is 14.2 Å². The second-order valence-corrected chi connectivity index (χ2v) is 19.9. The van der Waals surface area contributed by atoms with E-state index in [0.29, 0.717) is 19.3 Å². The van der Waals surface area contributed by atoms with Crippen molar-refractivity contribution in [3.05, 3.63) is 0 Å². The van der Waals surface area contributed by atoms with Gasteiger partial charge in [-0.25, -0.2) is 0 Å². The molecule has 0 aromatic heterocycles. The SMILES string of the molecule is CCCCCCCCCCCCCCCCCCCCCCCC(=O)OCC(COC(=O)CCCCCCCCCCCCCC)OC(=O)CCCCCCCCCCCCCCC. The molecule has 0 amide bonds. The Hall–Kier alpha value is -1.59. The van der Waals surface area contributed by atoms with Gasteiger partial charge in [-0.3, -0.25) is 14.4 Å². The Kier molecular flexibility index (Phi) is 52.7. The summed E-state index contributed by atoms with van der Waals surface area (Å²) < 4.78 is 16.9. The molecule has 0 rings (SSSR count). The number of carbonyl (C=O) groups is 3. The number of hydrogen-bond acceptors (Lipinski definition) is 6. The predicted molar refractivity (Wildman–Crippen MR) is 275 cm³/mol. The van der Waals surface area contributed by atoms with Crippen LogP contribution in [0.15, 0.2) is 0 Å². The molecule has 6 nitrogen and oxygen atoms in total. The summed E-state index contributed by atoms with van der Waals surface area (Å²) in [4.78, 5) is 38.1. The first-order valence-corrected chi connectivity index (χ1v) is 29.0. The molecule has 0 saturated carbocycles. The lowest BCUT2D eigenvalue weighted by Crippen LogP contribution is -2.30. The molecular formula is C58H112O6. The number of carbonyl (C=O) groups excluding carboxylic acids is 3. The third-order valence-electron chi connectivity index (χ3n) is 13.4. The van der Waals surface area contributed by atoms with Crippen molar-refractivity contribution in [2.75, 3.05) is 13.2 Å². The van der Waals surface area contributed by atoms with Crippen LogP contribution in [0.3, 0.4) is 0 Å². The normalized spacial score (nSPS) is 11.9. The predicted octanol–water partition coefficient (Wildman–Crippen LogP) is 19.2. The van der Waals surface area contributed by atoms with Crippen LogP contribution in [-0.2, 0) is 28.6 Å². The summed E-state index contributed by atoms with van der Waals surface area (Å²) in [5.41, 5.74) is 0. The van der Waals surface area contributed by atoms with E-state index < -0.39 is 6.10 Å². The number of unbranched alkanes of at least 4 members (excludes halogenated alkanes) is 43. The van der Waals surface area contributed by atoms with Crippen molar-refractivity contribution in [3.63, 3.8) is 0 Å². The van der Waals surface area contributed by atoms with Crippen LogP contribution in [0.2, 0.25) is 0 Å². The Balaban J connectivity index is 4.21. The van der Waals surface area contributed by atoms with E-state index in [-0.39, 0.29) is 31.1 Å². The van der Waals surface area contributed by atoms with E-state index in [2.05, 4.69) is 20.8 Å². The van der Waals surface area contributed by atoms with Gasteiger partial charge in [-0.2, -0.15) is 0 Å². The van der Waals surface area contributed by atoms with E-state index in [0.717, 1.165) is 57.8 Å². The molecule has 1 atom stereocenters. The third-order valence-corrected chi connectivity index (χ3v) is 13.4. The van der Waals surface area contributed by atoms with Crippen molar-refractivity contribution < 1.29 is 28.6 Å². The number of ether oxygens (including phenoxy) is 3. The fourth-order valence-electron chi connectivity index (χ4n) is 8.98. The van der Waals surface area contributed by atoms with Crippen molar-refractivity contribution in [2.24, 2.45) is 0 Å². The first-order valence-electron chi connectivity index (χ1n) is 29.0. The Morgan fingerprint density at radius 3 is 0.625 bits per heavy atom. The van der Waals surface area contributed by atoms with Gasteiger partial charge in [-0.1, -0.05) is 297 Å². The Labute approximate surface area is 399 Å². The monoisotopic (exact) mass is 905 g/mol. The zero-order valence-electron chi connectivity index (χ0n) is 43.6.